The summed E-state index contributed by atoms with van der Waals surface area (Å²) in [5.41, 5.74) is 1.40. The lowest BCUT2D eigenvalue weighted by atomic mass is 9.70. The molecule has 2 fully saturated rings. The molecule has 5 nitrogen and oxygen atoms in total. The number of ether oxygens (including phenoxy) is 1. The highest BCUT2D eigenvalue weighted by Gasteiger charge is 2.54. The van der Waals surface area contributed by atoms with Crippen molar-refractivity contribution in [1.82, 2.24) is 10.5 Å². The van der Waals surface area contributed by atoms with E-state index in [0.29, 0.717) is 11.7 Å². The number of carbonyl (C=O) groups excluding carboxylic acids is 1. The molecule has 0 bridgehead atoms. The maximum absolute atomic E-state index is 13.1. The van der Waals surface area contributed by atoms with Crippen molar-refractivity contribution < 1.29 is 14.1 Å². The van der Waals surface area contributed by atoms with Crippen molar-refractivity contribution in [3.63, 3.8) is 0 Å². The molecule has 150 valence electrons. The summed E-state index contributed by atoms with van der Waals surface area (Å²) in [4.78, 5) is 13.1. The van der Waals surface area contributed by atoms with Crippen LogP contribution in [0.4, 0.5) is 0 Å². The van der Waals surface area contributed by atoms with Crippen LogP contribution in [0.15, 0.2) is 34.9 Å². The fourth-order valence-electron chi connectivity index (χ4n) is 4.92. The van der Waals surface area contributed by atoms with Crippen LogP contribution in [0, 0.1) is 11.3 Å². The fourth-order valence-corrected chi connectivity index (χ4v) is 4.92. The second kappa shape index (κ2) is 6.94. The summed E-state index contributed by atoms with van der Waals surface area (Å²) in [5.74, 6) is 2.17. The Hall–Kier alpha value is -2.30. The topological polar surface area (TPSA) is 64.4 Å². The van der Waals surface area contributed by atoms with Crippen molar-refractivity contribution in [2.45, 2.75) is 64.3 Å². The summed E-state index contributed by atoms with van der Waals surface area (Å²) in [5, 5.41) is 7.60. The Morgan fingerprint density at radius 3 is 2.71 bits per heavy atom. The SMILES string of the molecule is COc1cccc(-c2cc(C3(C(=O)NC4CC(C)CC(C)(C)C4)CC3)no2)c1. The van der Waals surface area contributed by atoms with Gasteiger partial charge in [-0.1, -0.05) is 38.1 Å². The lowest BCUT2D eigenvalue weighted by Gasteiger charge is -2.39. The molecule has 0 aliphatic heterocycles. The van der Waals surface area contributed by atoms with Crippen LogP contribution in [-0.2, 0) is 10.2 Å². The molecule has 1 N–H and O–H groups in total. The molecule has 1 aromatic heterocycles. The van der Waals surface area contributed by atoms with Gasteiger partial charge in [0.2, 0.25) is 5.91 Å². The molecule has 4 rings (SSSR count). The molecule has 28 heavy (non-hydrogen) atoms. The van der Waals surface area contributed by atoms with E-state index in [0.717, 1.165) is 42.7 Å². The highest BCUT2D eigenvalue weighted by Crippen LogP contribution is 2.49. The molecule has 2 unspecified atom stereocenters. The largest absolute Gasteiger partial charge is 0.497 e. The molecule has 0 radical (unpaired) electrons. The van der Waals surface area contributed by atoms with Gasteiger partial charge in [0.15, 0.2) is 5.76 Å². The number of carbonyl (C=O) groups is 1. The van der Waals surface area contributed by atoms with Crippen molar-refractivity contribution in [1.29, 1.82) is 0 Å². The van der Waals surface area contributed by atoms with E-state index in [2.05, 4.69) is 31.2 Å². The first-order valence-corrected chi connectivity index (χ1v) is 10.2. The van der Waals surface area contributed by atoms with Gasteiger partial charge in [-0.05, 0) is 55.6 Å². The molecule has 1 amide bonds. The minimum atomic E-state index is -0.522. The van der Waals surface area contributed by atoms with Gasteiger partial charge in [0.25, 0.3) is 0 Å². The van der Waals surface area contributed by atoms with Crippen molar-refractivity contribution >= 4 is 5.91 Å². The first kappa shape index (κ1) is 19.0. The summed E-state index contributed by atoms with van der Waals surface area (Å²) in [6.07, 6.45) is 4.97. The average Bonchev–Trinajstić information content (AvgIpc) is 3.30. The lowest BCUT2D eigenvalue weighted by Crippen LogP contribution is -2.46. The highest BCUT2D eigenvalue weighted by atomic mass is 16.5. The second-order valence-corrected chi connectivity index (χ2v) is 9.47. The summed E-state index contributed by atoms with van der Waals surface area (Å²) in [6, 6.07) is 9.83. The van der Waals surface area contributed by atoms with Gasteiger partial charge in [-0.25, -0.2) is 0 Å². The Morgan fingerprint density at radius 2 is 2.04 bits per heavy atom. The molecular weight excluding hydrogens is 352 g/mol. The van der Waals surface area contributed by atoms with E-state index in [1.165, 1.54) is 6.42 Å². The van der Waals surface area contributed by atoms with E-state index < -0.39 is 5.41 Å². The number of rotatable bonds is 5. The molecule has 1 heterocycles. The van der Waals surface area contributed by atoms with Crippen LogP contribution in [0.2, 0.25) is 0 Å². The van der Waals surface area contributed by atoms with Gasteiger partial charge in [-0.3, -0.25) is 4.79 Å². The zero-order chi connectivity index (χ0) is 19.9. The monoisotopic (exact) mass is 382 g/mol. The number of benzene rings is 1. The van der Waals surface area contributed by atoms with E-state index in [-0.39, 0.29) is 17.4 Å². The minimum Gasteiger partial charge on any atom is -0.497 e. The molecular formula is C23H30N2O3. The average molecular weight is 383 g/mol. The van der Waals surface area contributed by atoms with Gasteiger partial charge < -0.3 is 14.6 Å². The Kier molecular flexibility index (Phi) is 4.72. The van der Waals surface area contributed by atoms with Crippen molar-refractivity contribution in [2.24, 2.45) is 11.3 Å². The van der Waals surface area contributed by atoms with Gasteiger partial charge in [0.1, 0.15) is 5.75 Å². The number of aromatic nitrogens is 1. The van der Waals surface area contributed by atoms with Crippen LogP contribution < -0.4 is 10.1 Å². The minimum absolute atomic E-state index is 0.105. The van der Waals surface area contributed by atoms with Gasteiger partial charge in [0, 0.05) is 17.7 Å². The number of hydrogen-bond acceptors (Lipinski definition) is 4. The van der Waals surface area contributed by atoms with Crippen molar-refractivity contribution in [2.75, 3.05) is 7.11 Å². The van der Waals surface area contributed by atoms with Crippen LogP contribution in [0.3, 0.4) is 0 Å². The third kappa shape index (κ3) is 3.67. The van der Waals surface area contributed by atoms with E-state index in [9.17, 15) is 4.79 Å². The predicted octanol–water partition coefficient (Wildman–Crippen LogP) is 4.71. The maximum Gasteiger partial charge on any atom is 0.232 e. The molecule has 2 aromatic rings. The first-order chi connectivity index (χ1) is 13.3. The Labute approximate surface area is 166 Å². The molecule has 2 atom stereocenters. The molecule has 0 spiro atoms. The highest BCUT2D eigenvalue weighted by molar-refractivity contribution is 5.91. The van der Waals surface area contributed by atoms with E-state index >= 15 is 0 Å². The van der Waals surface area contributed by atoms with E-state index in [1.807, 2.05) is 30.3 Å². The summed E-state index contributed by atoms with van der Waals surface area (Å²) in [6.45, 7) is 6.88. The molecule has 2 aliphatic rings. The normalized spacial score (nSPS) is 25.1. The number of hydrogen-bond donors (Lipinski definition) is 1. The van der Waals surface area contributed by atoms with Crippen LogP contribution in [0.1, 0.15) is 58.6 Å². The van der Waals surface area contributed by atoms with Gasteiger partial charge in [-0.2, -0.15) is 0 Å². The smallest absolute Gasteiger partial charge is 0.232 e. The number of nitrogens with one attached hydrogen (secondary N) is 1. The Balaban J connectivity index is 1.50. The lowest BCUT2D eigenvalue weighted by molar-refractivity contribution is -0.125. The number of amides is 1. The Bertz CT molecular complexity index is 866. The van der Waals surface area contributed by atoms with Crippen LogP contribution >= 0.6 is 0 Å². The number of nitrogens with zero attached hydrogens (tertiary/aromatic N) is 1. The molecule has 2 saturated carbocycles. The van der Waals surface area contributed by atoms with Gasteiger partial charge in [-0.15, -0.1) is 0 Å². The summed E-state index contributed by atoms with van der Waals surface area (Å²) < 4.78 is 10.9. The van der Waals surface area contributed by atoms with Crippen LogP contribution in [-0.4, -0.2) is 24.2 Å². The third-order valence-corrected chi connectivity index (χ3v) is 6.26. The molecule has 5 heteroatoms. The fraction of sp³-hybridized carbons (Fsp3) is 0.565. The zero-order valence-electron chi connectivity index (χ0n) is 17.2. The zero-order valence-corrected chi connectivity index (χ0v) is 17.2. The van der Waals surface area contributed by atoms with Gasteiger partial charge in [0.05, 0.1) is 18.2 Å². The summed E-state index contributed by atoms with van der Waals surface area (Å²) >= 11 is 0. The standard InChI is InChI=1S/C23H30N2O3/c1-15-10-17(14-22(2,3)13-15)24-21(26)23(8-9-23)20-12-19(28-25-20)16-6-5-7-18(11-16)27-4/h5-7,11-12,15,17H,8-10,13-14H2,1-4H3,(H,24,26). The van der Waals surface area contributed by atoms with Crippen molar-refractivity contribution in [3.05, 3.63) is 36.0 Å². The quantitative estimate of drug-likeness (QED) is 0.813. The Morgan fingerprint density at radius 1 is 1.25 bits per heavy atom. The van der Waals surface area contributed by atoms with Crippen molar-refractivity contribution in [3.8, 4) is 17.1 Å². The van der Waals surface area contributed by atoms with Crippen LogP contribution in [0.25, 0.3) is 11.3 Å². The second-order valence-electron chi connectivity index (χ2n) is 9.47. The maximum atomic E-state index is 13.1. The predicted molar refractivity (Wildman–Crippen MR) is 108 cm³/mol. The molecule has 2 aliphatic carbocycles. The summed E-state index contributed by atoms with van der Waals surface area (Å²) in [7, 11) is 1.64. The van der Waals surface area contributed by atoms with E-state index in [1.54, 1.807) is 7.11 Å². The number of methoxy groups -OCH3 is 1. The van der Waals surface area contributed by atoms with E-state index in [4.69, 9.17) is 9.26 Å². The van der Waals surface area contributed by atoms with Crippen LogP contribution in [0.5, 0.6) is 5.75 Å². The third-order valence-electron chi connectivity index (χ3n) is 6.26. The first-order valence-electron chi connectivity index (χ1n) is 10.2. The molecule has 1 aromatic carbocycles. The van der Waals surface area contributed by atoms with Gasteiger partial charge >= 0.3 is 0 Å². The molecule has 0 saturated heterocycles.